The average molecular weight is 306 g/mol. The summed E-state index contributed by atoms with van der Waals surface area (Å²) in [6.45, 7) is 4.06. The molecule has 1 aliphatic rings. The lowest BCUT2D eigenvalue weighted by molar-refractivity contribution is 0.120. The summed E-state index contributed by atoms with van der Waals surface area (Å²) >= 11 is 1.83. The van der Waals surface area contributed by atoms with Crippen LogP contribution in [0.15, 0.2) is 29.8 Å². The molecule has 0 aromatic carbocycles. The number of thiophene rings is 1. The van der Waals surface area contributed by atoms with Crippen LogP contribution >= 0.6 is 11.3 Å². The number of hydrogen-bond acceptors (Lipinski definition) is 4. The molecule has 21 heavy (non-hydrogen) atoms. The summed E-state index contributed by atoms with van der Waals surface area (Å²) in [5.74, 6) is -0.374. The number of halogens is 1. The number of pyridine rings is 1. The summed E-state index contributed by atoms with van der Waals surface area (Å²) in [6, 6.07) is 5.49. The number of rotatable bonds is 4. The van der Waals surface area contributed by atoms with Gasteiger partial charge in [0, 0.05) is 24.0 Å². The van der Waals surface area contributed by atoms with Crippen molar-refractivity contribution in [3.63, 3.8) is 0 Å². The van der Waals surface area contributed by atoms with Crippen LogP contribution in [0.2, 0.25) is 0 Å². The lowest BCUT2D eigenvalue weighted by Gasteiger charge is -2.34. The molecule has 0 saturated carbocycles. The standard InChI is InChI=1S/C16H19FN2OS/c1-11-13-6-9-21-16(13)5-8-19(11)7-4-15(20)14-3-2-12(17)10-18-14/h2-3,6,9-11,15,20H,4-5,7-8H2,1H3. The lowest BCUT2D eigenvalue weighted by atomic mass is 10.0. The molecule has 1 N–H and O–H groups in total. The van der Waals surface area contributed by atoms with E-state index in [-0.39, 0.29) is 5.82 Å². The minimum atomic E-state index is -0.637. The number of fused-ring (bicyclic) bond motifs is 1. The van der Waals surface area contributed by atoms with E-state index in [0.29, 0.717) is 18.2 Å². The second-order valence-corrected chi connectivity index (χ2v) is 6.47. The van der Waals surface area contributed by atoms with E-state index in [1.807, 2.05) is 11.3 Å². The van der Waals surface area contributed by atoms with Gasteiger partial charge < -0.3 is 5.11 Å². The first-order valence-electron chi connectivity index (χ1n) is 7.25. The summed E-state index contributed by atoms with van der Waals surface area (Å²) in [4.78, 5) is 7.82. The highest BCUT2D eigenvalue weighted by molar-refractivity contribution is 7.10. The molecule has 0 aliphatic carbocycles. The van der Waals surface area contributed by atoms with Gasteiger partial charge in [-0.25, -0.2) is 4.39 Å². The van der Waals surface area contributed by atoms with Crippen molar-refractivity contribution in [2.24, 2.45) is 0 Å². The largest absolute Gasteiger partial charge is 0.387 e. The highest BCUT2D eigenvalue weighted by Crippen LogP contribution is 2.33. The quantitative estimate of drug-likeness (QED) is 0.941. The summed E-state index contributed by atoms with van der Waals surface area (Å²) in [6.07, 6.45) is 2.21. The molecule has 0 bridgehead atoms. The Balaban J connectivity index is 1.59. The number of aromatic nitrogens is 1. The summed E-state index contributed by atoms with van der Waals surface area (Å²) in [7, 11) is 0. The molecular weight excluding hydrogens is 287 g/mol. The second kappa shape index (κ2) is 6.22. The molecule has 5 heteroatoms. The fourth-order valence-electron chi connectivity index (χ4n) is 2.89. The first-order valence-corrected chi connectivity index (χ1v) is 8.13. The van der Waals surface area contributed by atoms with Crippen molar-refractivity contribution in [3.05, 3.63) is 51.7 Å². The van der Waals surface area contributed by atoms with E-state index < -0.39 is 6.10 Å². The maximum Gasteiger partial charge on any atom is 0.141 e. The molecule has 2 unspecified atom stereocenters. The van der Waals surface area contributed by atoms with Crippen LogP contribution in [0.1, 0.15) is 41.6 Å². The summed E-state index contributed by atoms with van der Waals surface area (Å²) < 4.78 is 12.8. The predicted octanol–water partition coefficient (Wildman–Crippen LogP) is 3.33. The molecule has 0 amide bonds. The molecule has 2 aromatic heterocycles. The Labute approximate surface area is 128 Å². The van der Waals surface area contributed by atoms with Crippen molar-refractivity contribution in [2.75, 3.05) is 13.1 Å². The summed E-state index contributed by atoms with van der Waals surface area (Å²) in [5, 5.41) is 12.3. The first-order chi connectivity index (χ1) is 10.1. The topological polar surface area (TPSA) is 36.4 Å². The Bertz CT molecular complexity index is 599. The lowest BCUT2D eigenvalue weighted by Crippen LogP contribution is -2.34. The van der Waals surface area contributed by atoms with Gasteiger partial charge in [-0.1, -0.05) is 0 Å². The third kappa shape index (κ3) is 3.15. The van der Waals surface area contributed by atoms with Crippen LogP contribution < -0.4 is 0 Å². The molecule has 0 saturated heterocycles. The Morgan fingerprint density at radius 3 is 3.10 bits per heavy atom. The van der Waals surface area contributed by atoms with Crippen LogP contribution in [0.25, 0.3) is 0 Å². The van der Waals surface area contributed by atoms with Crippen LogP contribution in [0.4, 0.5) is 4.39 Å². The van der Waals surface area contributed by atoms with Gasteiger partial charge in [0.25, 0.3) is 0 Å². The van der Waals surface area contributed by atoms with E-state index in [2.05, 4.69) is 28.3 Å². The van der Waals surface area contributed by atoms with Crippen LogP contribution in [0.5, 0.6) is 0 Å². The second-order valence-electron chi connectivity index (χ2n) is 5.47. The molecular formula is C16H19FN2OS. The number of aliphatic hydroxyl groups is 1. The van der Waals surface area contributed by atoms with E-state index in [1.54, 1.807) is 6.07 Å². The van der Waals surface area contributed by atoms with Crippen molar-refractivity contribution in [1.82, 2.24) is 9.88 Å². The Morgan fingerprint density at radius 1 is 1.48 bits per heavy atom. The molecule has 2 atom stereocenters. The van der Waals surface area contributed by atoms with Crippen LogP contribution in [-0.4, -0.2) is 28.1 Å². The Hall–Kier alpha value is -1.30. The number of hydrogen-bond donors (Lipinski definition) is 1. The predicted molar refractivity (Wildman–Crippen MR) is 81.8 cm³/mol. The molecule has 0 radical (unpaired) electrons. The van der Waals surface area contributed by atoms with Gasteiger partial charge in [-0.2, -0.15) is 0 Å². The van der Waals surface area contributed by atoms with Gasteiger partial charge in [0.15, 0.2) is 0 Å². The maximum atomic E-state index is 12.8. The minimum absolute atomic E-state index is 0.374. The molecule has 0 spiro atoms. The maximum absolute atomic E-state index is 12.8. The fraction of sp³-hybridized carbons (Fsp3) is 0.438. The summed E-state index contributed by atoms with van der Waals surface area (Å²) in [5.41, 5.74) is 1.96. The van der Waals surface area contributed by atoms with Crippen molar-refractivity contribution in [1.29, 1.82) is 0 Å². The Kier molecular flexibility index (Phi) is 4.33. The van der Waals surface area contributed by atoms with Crippen LogP contribution in [0.3, 0.4) is 0 Å². The van der Waals surface area contributed by atoms with Crippen molar-refractivity contribution >= 4 is 11.3 Å². The Morgan fingerprint density at radius 2 is 2.33 bits per heavy atom. The molecule has 2 aromatic rings. The van der Waals surface area contributed by atoms with E-state index in [1.165, 1.54) is 16.5 Å². The van der Waals surface area contributed by atoms with Crippen LogP contribution in [0, 0.1) is 5.82 Å². The fourth-order valence-corrected chi connectivity index (χ4v) is 3.85. The smallest absolute Gasteiger partial charge is 0.141 e. The van der Waals surface area contributed by atoms with E-state index in [4.69, 9.17) is 0 Å². The van der Waals surface area contributed by atoms with Gasteiger partial charge >= 0.3 is 0 Å². The van der Waals surface area contributed by atoms with Gasteiger partial charge in [0.1, 0.15) is 5.82 Å². The molecule has 0 fully saturated rings. The van der Waals surface area contributed by atoms with Gasteiger partial charge in [0.05, 0.1) is 18.0 Å². The third-order valence-corrected chi connectivity index (χ3v) is 5.18. The molecule has 112 valence electrons. The molecule has 3 rings (SSSR count). The highest BCUT2D eigenvalue weighted by Gasteiger charge is 2.25. The third-order valence-electron chi connectivity index (χ3n) is 4.19. The highest BCUT2D eigenvalue weighted by atomic mass is 32.1. The minimum Gasteiger partial charge on any atom is -0.387 e. The zero-order valence-corrected chi connectivity index (χ0v) is 12.8. The number of aliphatic hydroxyl groups excluding tert-OH is 1. The van der Waals surface area contributed by atoms with Crippen LogP contribution in [-0.2, 0) is 6.42 Å². The zero-order chi connectivity index (χ0) is 14.8. The SMILES string of the molecule is CC1c2ccsc2CCN1CCC(O)c1ccc(F)cn1. The van der Waals surface area contributed by atoms with Crippen molar-refractivity contribution in [2.45, 2.75) is 31.9 Å². The van der Waals surface area contributed by atoms with Crippen molar-refractivity contribution < 1.29 is 9.50 Å². The zero-order valence-electron chi connectivity index (χ0n) is 12.0. The van der Waals surface area contributed by atoms with Crippen molar-refractivity contribution in [3.8, 4) is 0 Å². The van der Waals surface area contributed by atoms with E-state index in [9.17, 15) is 9.50 Å². The van der Waals surface area contributed by atoms with Gasteiger partial charge in [-0.3, -0.25) is 9.88 Å². The van der Waals surface area contributed by atoms with Gasteiger partial charge in [-0.05, 0) is 48.9 Å². The van der Waals surface area contributed by atoms with Gasteiger partial charge in [0.2, 0.25) is 0 Å². The van der Waals surface area contributed by atoms with E-state index >= 15 is 0 Å². The van der Waals surface area contributed by atoms with E-state index in [0.717, 1.165) is 25.7 Å². The molecule has 3 heterocycles. The number of nitrogens with zero attached hydrogens (tertiary/aromatic N) is 2. The normalized spacial score (nSPS) is 20.2. The molecule has 1 aliphatic heterocycles. The monoisotopic (exact) mass is 306 g/mol. The molecule has 3 nitrogen and oxygen atoms in total. The first kappa shape index (κ1) is 14.6. The van der Waals surface area contributed by atoms with Gasteiger partial charge in [-0.15, -0.1) is 11.3 Å². The average Bonchev–Trinajstić information content (AvgIpc) is 2.96.